The van der Waals surface area contributed by atoms with Crippen molar-refractivity contribution < 1.29 is 19.2 Å². The maximum atomic E-state index is 11.9. The molecule has 0 spiro atoms. The molecule has 0 saturated carbocycles. The summed E-state index contributed by atoms with van der Waals surface area (Å²) in [6.45, 7) is 0. The Labute approximate surface area is 149 Å². The minimum absolute atomic E-state index is 0.0376. The molecule has 0 aliphatic carbocycles. The van der Waals surface area contributed by atoms with E-state index in [-0.39, 0.29) is 17.3 Å². The van der Waals surface area contributed by atoms with Crippen molar-refractivity contribution in [2.24, 2.45) is 4.99 Å². The maximum Gasteiger partial charge on any atom is 0.363 e. The van der Waals surface area contributed by atoms with E-state index in [1.807, 2.05) is 24.3 Å². The third kappa shape index (κ3) is 3.67. The van der Waals surface area contributed by atoms with Crippen molar-refractivity contribution in [1.82, 2.24) is 0 Å². The molecule has 1 heterocycles. The highest BCUT2D eigenvalue weighted by molar-refractivity contribution is 6.11. The Balaban J connectivity index is 1.84. The standard InChI is InChI=1S/C19H14N2O5/c1-25-17-11-3-2-6-13(17)7-5-10-16-19(22)26-18(20-16)14-8-4-9-15(12-14)21(23)24/h2-12H,1H3. The van der Waals surface area contributed by atoms with Crippen molar-refractivity contribution in [2.45, 2.75) is 0 Å². The van der Waals surface area contributed by atoms with E-state index in [0.717, 1.165) is 5.56 Å². The van der Waals surface area contributed by atoms with E-state index in [9.17, 15) is 14.9 Å². The number of rotatable bonds is 5. The Kier molecular flexibility index (Phi) is 4.89. The van der Waals surface area contributed by atoms with Crippen LogP contribution >= 0.6 is 0 Å². The molecule has 0 radical (unpaired) electrons. The van der Waals surface area contributed by atoms with Gasteiger partial charge in [0.15, 0.2) is 5.70 Å². The first-order valence-electron chi connectivity index (χ1n) is 7.65. The number of hydrogen-bond acceptors (Lipinski definition) is 6. The molecule has 7 nitrogen and oxygen atoms in total. The number of benzene rings is 2. The summed E-state index contributed by atoms with van der Waals surface area (Å²) in [5.74, 6) is 0.128. The fourth-order valence-corrected chi connectivity index (χ4v) is 2.35. The highest BCUT2D eigenvalue weighted by atomic mass is 16.6. The van der Waals surface area contributed by atoms with Gasteiger partial charge in [-0.15, -0.1) is 0 Å². The number of non-ortho nitro benzene ring substituents is 1. The molecule has 2 aromatic rings. The zero-order valence-electron chi connectivity index (χ0n) is 13.8. The van der Waals surface area contributed by atoms with Crippen LogP contribution in [0.15, 0.2) is 71.4 Å². The summed E-state index contributed by atoms with van der Waals surface area (Å²) in [5.41, 5.74) is 1.22. The predicted octanol–water partition coefficient (Wildman–Crippen LogP) is 3.50. The molecule has 3 rings (SSSR count). The van der Waals surface area contributed by atoms with Crippen molar-refractivity contribution in [3.63, 3.8) is 0 Å². The average Bonchev–Trinajstić information content (AvgIpc) is 3.03. The molecule has 0 aromatic heterocycles. The second kappa shape index (κ2) is 7.43. The van der Waals surface area contributed by atoms with E-state index in [4.69, 9.17) is 9.47 Å². The van der Waals surface area contributed by atoms with Crippen molar-refractivity contribution in [1.29, 1.82) is 0 Å². The molecule has 0 atom stereocenters. The highest BCUT2D eigenvalue weighted by Gasteiger charge is 2.24. The van der Waals surface area contributed by atoms with E-state index in [1.54, 1.807) is 25.3 Å². The number of nitro groups is 1. The SMILES string of the molecule is COc1ccccc1C=CC=C1N=C(c2cccc([N+](=O)[O-])c2)OC1=O. The summed E-state index contributed by atoms with van der Waals surface area (Å²) in [6, 6.07) is 13.2. The van der Waals surface area contributed by atoms with Gasteiger partial charge >= 0.3 is 5.97 Å². The number of carbonyl (C=O) groups is 1. The van der Waals surface area contributed by atoms with Gasteiger partial charge in [-0.05, 0) is 18.2 Å². The maximum absolute atomic E-state index is 11.9. The number of nitro benzene ring substituents is 1. The van der Waals surface area contributed by atoms with Crippen LogP contribution in [0.4, 0.5) is 5.69 Å². The van der Waals surface area contributed by atoms with E-state index >= 15 is 0 Å². The molecule has 0 bridgehead atoms. The summed E-state index contributed by atoms with van der Waals surface area (Å²) in [4.78, 5) is 26.4. The average molecular weight is 350 g/mol. The lowest BCUT2D eigenvalue weighted by atomic mass is 10.2. The van der Waals surface area contributed by atoms with Crippen molar-refractivity contribution in [3.8, 4) is 5.75 Å². The number of cyclic esters (lactones) is 1. The van der Waals surface area contributed by atoms with Crippen LogP contribution in [0.25, 0.3) is 6.08 Å². The second-order valence-electron chi connectivity index (χ2n) is 5.27. The normalized spacial score (nSPS) is 15.2. The van der Waals surface area contributed by atoms with Gasteiger partial charge in [0.05, 0.1) is 12.0 Å². The zero-order valence-corrected chi connectivity index (χ0v) is 13.8. The van der Waals surface area contributed by atoms with Gasteiger partial charge in [-0.2, -0.15) is 0 Å². The van der Waals surface area contributed by atoms with Crippen LogP contribution < -0.4 is 4.74 Å². The van der Waals surface area contributed by atoms with Gasteiger partial charge in [0.1, 0.15) is 5.75 Å². The zero-order chi connectivity index (χ0) is 18.5. The molecule has 0 unspecified atom stereocenters. The molecule has 0 saturated heterocycles. The number of hydrogen-bond donors (Lipinski definition) is 0. The Morgan fingerprint density at radius 3 is 2.77 bits per heavy atom. The fraction of sp³-hybridized carbons (Fsp3) is 0.0526. The summed E-state index contributed by atoms with van der Waals surface area (Å²) in [7, 11) is 1.58. The third-order valence-electron chi connectivity index (χ3n) is 3.59. The molecule has 2 aromatic carbocycles. The van der Waals surface area contributed by atoms with Gasteiger partial charge in [-0.25, -0.2) is 9.79 Å². The quantitative estimate of drug-likeness (QED) is 0.356. The number of para-hydroxylation sites is 1. The number of esters is 1. The first kappa shape index (κ1) is 17.1. The van der Waals surface area contributed by atoms with E-state index in [0.29, 0.717) is 11.3 Å². The van der Waals surface area contributed by atoms with Crippen LogP contribution in [0.2, 0.25) is 0 Å². The van der Waals surface area contributed by atoms with Crippen LogP contribution in [0.3, 0.4) is 0 Å². The van der Waals surface area contributed by atoms with Gasteiger partial charge in [-0.3, -0.25) is 10.1 Å². The molecule has 0 N–H and O–H groups in total. The number of aliphatic imine (C=N–C) groups is 1. The third-order valence-corrected chi connectivity index (χ3v) is 3.59. The smallest absolute Gasteiger partial charge is 0.363 e. The molecule has 130 valence electrons. The monoisotopic (exact) mass is 350 g/mol. The Bertz CT molecular complexity index is 960. The summed E-state index contributed by atoms with van der Waals surface area (Å²) < 4.78 is 10.4. The van der Waals surface area contributed by atoms with Gasteiger partial charge < -0.3 is 9.47 Å². The van der Waals surface area contributed by atoms with Gasteiger partial charge in [0.25, 0.3) is 5.69 Å². The Morgan fingerprint density at radius 2 is 2.00 bits per heavy atom. The molecular weight excluding hydrogens is 336 g/mol. The van der Waals surface area contributed by atoms with Crippen LogP contribution in [0.5, 0.6) is 5.75 Å². The minimum atomic E-state index is -0.615. The van der Waals surface area contributed by atoms with Crippen LogP contribution in [-0.2, 0) is 9.53 Å². The highest BCUT2D eigenvalue weighted by Crippen LogP contribution is 2.21. The fourth-order valence-electron chi connectivity index (χ4n) is 2.35. The summed E-state index contributed by atoms with van der Waals surface area (Å²) in [5, 5.41) is 10.9. The van der Waals surface area contributed by atoms with Crippen LogP contribution in [0.1, 0.15) is 11.1 Å². The van der Waals surface area contributed by atoms with Gasteiger partial charge in [0.2, 0.25) is 5.90 Å². The van der Waals surface area contributed by atoms with Gasteiger partial charge in [0, 0.05) is 23.3 Å². The molecule has 1 aliphatic rings. The molecule has 7 heteroatoms. The van der Waals surface area contributed by atoms with Crippen molar-refractivity contribution in [3.05, 3.63) is 87.6 Å². The lowest BCUT2D eigenvalue weighted by Crippen LogP contribution is -2.05. The molecular formula is C19H14N2O5. The predicted molar refractivity (Wildman–Crippen MR) is 95.8 cm³/mol. The van der Waals surface area contributed by atoms with Crippen LogP contribution in [-0.4, -0.2) is 23.9 Å². The van der Waals surface area contributed by atoms with Gasteiger partial charge in [-0.1, -0.05) is 36.4 Å². The van der Waals surface area contributed by atoms with E-state index in [1.165, 1.54) is 24.3 Å². The van der Waals surface area contributed by atoms with Crippen molar-refractivity contribution in [2.75, 3.05) is 7.11 Å². The van der Waals surface area contributed by atoms with E-state index in [2.05, 4.69) is 4.99 Å². The number of nitrogens with zero attached hydrogens (tertiary/aromatic N) is 2. The van der Waals surface area contributed by atoms with E-state index < -0.39 is 10.9 Å². The molecule has 1 aliphatic heterocycles. The molecule has 0 fully saturated rings. The Hall–Kier alpha value is -3.74. The summed E-state index contributed by atoms with van der Waals surface area (Å²) in [6.07, 6.45) is 4.95. The molecule has 0 amide bonds. The van der Waals surface area contributed by atoms with Crippen LogP contribution in [0, 0.1) is 10.1 Å². The number of methoxy groups -OCH3 is 1. The van der Waals surface area contributed by atoms with Crippen molar-refractivity contribution >= 4 is 23.6 Å². The molecule has 26 heavy (non-hydrogen) atoms. The number of carbonyl (C=O) groups excluding carboxylic acids is 1. The Morgan fingerprint density at radius 1 is 1.19 bits per heavy atom. The largest absolute Gasteiger partial charge is 0.496 e. The first-order chi connectivity index (χ1) is 12.6. The second-order valence-corrected chi connectivity index (χ2v) is 5.27. The lowest BCUT2D eigenvalue weighted by Gasteiger charge is -2.02. The number of allylic oxidation sites excluding steroid dienone is 2. The summed E-state index contributed by atoms with van der Waals surface area (Å²) >= 11 is 0. The topological polar surface area (TPSA) is 91.0 Å². The minimum Gasteiger partial charge on any atom is -0.496 e. The number of ether oxygens (including phenoxy) is 2. The first-order valence-corrected chi connectivity index (χ1v) is 7.65. The lowest BCUT2D eigenvalue weighted by molar-refractivity contribution is -0.384.